The van der Waals surface area contributed by atoms with Crippen molar-refractivity contribution in [3.63, 3.8) is 0 Å². The Morgan fingerprint density at radius 1 is 1.29 bits per heavy atom. The van der Waals surface area contributed by atoms with Gasteiger partial charge in [0.25, 0.3) is 0 Å². The van der Waals surface area contributed by atoms with Gasteiger partial charge >= 0.3 is 5.97 Å². The van der Waals surface area contributed by atoms with E-state index in [1.54, 1.807) is 0 Å². The molecule has 0 radical (unpaired) electrons. The van der Waals surface area contributed by atoms with Crippen LogP contribution in [0.5, 0.6) is 0 Å². The van der Waals surface area contributed by atoms with Crippen molar-refractivity contribution in [1.82, 2.24) is 5.32 Å². The normalized spacial score (nSPS) is 16.5. The number of carbonyl (C=O) groups is 2. The van der Waals surface area contributed by atoms with E-state index in [1.165, 1.54) is 0 Å². The third-order valence-corrected chi connectivity index (χ3v) is 2.99. The Balaban J connectivity index is 2.03. The molecule has 0 aromatic carbocycles. The lowest BCUT2D eigenvalue weighted by atomic mass is 10.1. The largest absolute Gasteiger partial charge is 0.480 e. The number of hydrogen-bond donors (Lipinski definition) is 2. The fourth-order valence-corrected chi connectivity index (χ4v) is 1.56. The number of carboxylic acids is 1. The summed E-state index contributed by atoms with van der Waals surface area (Å²) in [4.78, 5) is 22.4. The fourth-order valence-electron chi connectivity index (χ4n) is 1.56. The molecule has 5 nitrogen and oxygen atoms in total. The van der Waals surface area contributed by atoms with Gasteiger partial charge < -0.3 is 15.2 Å². The highest BCUT2D eigenvalue weighted by Crippen LogP contribution is 2.45. The van der Waals surface area contributed by atoms with Gasteiger partial charge in [0.15, 0.2) is 0 Å². The molecule has 17 heavy (non-hydrogen) atoms. The van der Waals surface area contributed by atoms with Gasteiger partial charge in [-0.1, -0.05) is 13.3 Å². The summed E-state index contributed by atoms with van der Waals surface area (Å²) in [5.74, 6) is -1.35. The molecular formula is C12H21NO4. The lowest BCUT2D eigenvalue weighted by Gasteiger charge is -2.10. The first kappa shape index (κ1) is 14.0. The highest BCUT2D eigenvalue weighted by molar-refractivity contribution is 6.04. The Morgan fingerprint density at radius 3 is 2.47 bits per heavy atom. The summed E-state index contributed by atoms with van der Waals surface area (Å²) in [6, 6.07) is 0. The minimum absolute atomic E-state index is 0.349. The van der Waals surface area contributed by atoms with Crippen LogP contribution in [0.25, 0.3) is 0 Å². The number of ether oxygens (including phenoxy) is 1. The molecule has 1 rings (SSSR count). The topological polar surface area (TPSA) is 75.6 Å². The van der Waals surface area contributed by atoms with Crippen LogP contribution in [-0.4, -0.2) is 36.7 Å². The van der Waals surface area contributed by atoms with Crippen molar-refractivity contribution in [2.24, 2.45) is 5.41 Å². The molecule has 1 amide bonds. The third-order valence-electron chi connectivity index (χ3n) is 2.99. The van der Waals surface area contributed by atoms with Crippen molar-refractivity contribution in [2.75, 3.05) is 19.8 Å². The van der Waals surface area contributed by atoms with Crippen molar-refractivity contribution in [2.45, 2.75) is 39.0 Å². The predicted octanol–water partition coefficient (Wildman–Crippen LogP) is 1.17. The van der Waals surface area contributed by atoms with Crippen LogP contribution >= 0.6 is 0 Å². The maximum Gasteiger partial charge on any atom is 0.319 e. The molecule has 0 unspecified atom stereocenters. The molecule has 0 aliphatic heterocycles. The van der Waals surface area contributed by atoms with E-state index in [4.69, 9.17) is 9.84 Å². The van der Waals surface area contributed by atoms with Gasteiger partial charge in [0.05, 0.1) is 0 Å². The summed E-state index contributed by atoms with van der Waals surface area (Å²) in [6.07, 6.45) is 3.81. The molecule has 5 heteroatoms. The average molecular weight is 243 g/mol. The number of unbranched alkanes of at least 4 members (excludes halogenated alkanes) is 1. The van der Waals surface area contributed by atoms with Gasteiger partial charge in [-0.2, -0.15) is 0 Å². The lowest BCUT2D eigenvalue weighted by Crippen LogP contribution is -2.37. The Kier molecular flexibility index (Phi) is 5.41. The van der Waals surface area contributed by atoms with Gasteiger partial charge in [-0.3, -0.25) is 9.59 Å². The second-order valence-electron chi connectivity index (χ2n) is 4.46. The second-order valence-corrected chi connectivity index (χ2v) is 4.46. The molecule has 0 heterocycles. The molecule has 0 atom stereocenters. The average Bonchev–Trinajstić information content (AvgIpc) is 3.08. The molecule has 0 aromatic rings. The first-order chi connectivity index (χ1) is 8.13. The Bertz CT molecular complexity index is 274. The van der Waals surface area contributed by atoms with Crippen molar-refractivity contribution < 1.29 is 19.4 Å². The van der Waals surface area contributed by atoms with Gasteiger partial charge in [0, 0.05) is 19.8 Å². The van der Waals surface area contributed by atoms with E-state index in [9.17, 15) is 9.59 Å². The number of carbonyl (C=O) groups excluding carboxylic acids is 1. The third kappa shape index (κ3) is 4.00. The second kappa shape index (κ2) is 6.59. The molecule has 0 saturated heterocycles. The fraction of sp³-hybridized carbons (Fsp3) is 0.833. The minimum atomic E-state index is -1.12. The Hall–Kier alpha value is -1.10. The van der Waals surface area contributed by atoms with Gasteiger partial charge in [0.1, 0.15) is 5.41 Å². The van der Waals surface area contributed by atoms with E-state index in [-0.39, 0.29) is 5.91 Å². The Labute approximate surface area is 102 Å². The standard InChI is InChI=1S/C12H21NO4/c1-2-3-8-17-9-4-7-13-10(14)12(5-6-12)11(15)16/h2-9H2,1H3,(H,13,14)(H,15,16). The molecule has 1 aliphatic carbocycles. The number of aliphatic carboxylic acids is 1. The minimum Gasteiger partial charge on any atom is -0.480 e. The summed E-state index contributed by atoms with van der Waals surface area (Å²) in [7, 11) is 0. The summed E-state index contributed by atoms with van der Waals surface area (Å²) in [5.41, 5.74) is -1.12. The van der Waals surface area contributed by atoms with Crippen LogP contribution in [0.3, 0.4) is 0 Å². The predicted molar refractivity (Wildman–Crippen MR) is 62.7 cm³/mol. The van der Waals surface area contributed by atoms with Gasteiger partial charge in [-0.05, 0) is 25.7 Å². The Morgan fingerprint density at radius 2 is 1.94 bits per heavy atom. The van der Waals surface area contributed by atoms with Crippen LogP contribution < -0.4 is 5.32 Å². The van der Waals surface area contributed by atoms with Gasteiger partial charge in [-0.25, -0.2) is 0 Å². The first-order valence-electron chi connectivity index (χ1n) is 6.23. The highest BCUT2D eigenvalue weighted by atomic mass is 16.5. The maximum absolute atomic E-state index is 11.6. The summed E-state index contributed by atoms with van der Waals surface area (Å²) in [6.45, 7) is 3.95. The van der Waals surface area contributed by atoms with Crippen molar-refractivity contribution in [3.8, 4) is 0 Å². The molecule has 1 aliphatic rings. The smallest absolute Gasteiger partial charge is 0.319 e. The van der Waals surface area contributed by atoms with Crippen LogP contribution in [0.2, 0.25) is 0 Å². The van der Waals surface area contributed by atoms with E-state index in [0.717, 1.165) is 25.9 Å². The van der Waals surface area contributed by atoms with E-state index in [2.05, 4.69) is 12.2 Å². The van der Waals surface area contributed by atoms with E-state index >= 15 is 0 Å². The molecule has 98 valence electrons. The number of hydrogen-bond acceptors (Lipinski definition) is 3. The lowest BCUT2D eigenvalue weighted by molar-refractivity contribution is -0.149. The van der Waals surface area contributed by atoms with E-state index in [0.29, 0.717) is 26.0 Å². The first-order valence-corrected chi connectivity index (χ1v) is 6.23. The zero-order chi connectivity index (χ0) is 12.7. The molecule has 0 aromatic heterocycles. The summed E-state index contributed by atoms with van der Waals surface area (Å²) >= 11 is 0. The van der Waals surface area contributed by atoms with Crippen LogP contribution in [0.1, 0.15) is 39.0 Å². The zero-order valence-electron chi connectivity index (χ0n) is 10.3. The number of rotatable bonds is 9. The van der Waals surface area contributed by atoms with Gasteiger partial charge in [-0.15, -0.1) is 0 Å². The van der Waals surface area contributed by atoms with Crippen LogP contribution in [0, 0.1) is 5.41 Å². The SMILES string of the molecule is CCCCOCCCNC(=O)C1(C(=O)O)CC1. The van der Waals surface area contributed by atoms with E-state index in [1.807, 2.05) is 0 Å². The molecule has 2 N–H and O–H groups in total. The highest BCUT2D eigenvalue weighted by Gasteiger charge is 2.56. The molecule has 0 spiro atoms. The number of amides is 1. The number of carboxylic acid groups (broad SMARTS) is 1. The van der Waals surface area contributed by atoms with Crippen LogP contribution in [-0.2, 0) is 14.3 Å². The molecule has 1 fully saturated rings. The van der Waals surface area contributed by atoms with Crippen LogP contribution in [0.4, 0.5) is 0 Å². The van der Waals surface area contributed by atoms with Crippen molar-refractivity contribution in [3.05, 3.63) is 0 Å². The van der Waals surface area contributed by atoms with Crippen molar-refractivity contribution >= 4 is 11.9 Å². The summed E-state index contributed by atoms with van der Waals surface area (Å²) < 4.78 is 5.34. The summed E-state index contributed by atoms with van der Waals surface area (Å²) in [5, 5.41) is 11.5. The monoisotopic (exact) mass is 243 g/mol. The molecule has 1 saturated carbocycles. The maximum atomic E-state index is 11.6. The quantitative estimate of drug-likeness (QED) is 0.471. The number of nitrogens with one attached hydrogen (secondary N) is 1. The van der Waals surface area contributed by atoms with Crippen molar-refractivity contribution in [1.29, 1.82) is 0 Å². The molecular weight excluding hydrogens is 222 g/mol. The zero-order valence-corrected chi connectivity index (χ0v) is 10.3. The van der Waals surface area contributed by atoms with E-state index < -0.39 is 11.4 Å². The van der Waals surface area contributed by atoms with Gasteiger partial charge in [0.2, 0.25) is 5.91 Å². The van der Waals surface area contributed by atoms with Crippen LogP contribution in [0.15, 0.2) is 0 Å². The molecule has 0 bridgehead atoms.